The number of fused-ring (bicyclic) bond motifs is 1. The van der Waals surface area contributed by atoms with Crippen molar-refractivity contribution in [2.75, 3.05) is 40.4 Å². The van der Waals surface area contributed by atoms with Gasteiger partial charge in [-0.1, -0.05) is 13.0 Å². The van der Waals surface area contributed by atoms with Gasteiger partial charge in [0.25, 0.3) is 0 Å². The number of likely N-dealkylation sites (N-methyl/N-ethyl adjacent to an activating group) is 2. The fourth-order valence-corrected chi connectivity index (χ4v) is 2.30. The van der Waals surface area contributed by atoms with Crippen LogP contribution in [0.4, 0.5) is 0 Å². The summed E-state index contributed by atoms with van der Waals surface area (Å²) in [6.45, 7) is 5.52. The fourth-order valence-electron chi connectivity index (χ4n) is 2.30. The predicted molar refractivity (Wildman–Crippen MR) is 77.0 cm³/mol. The Morgan fingerprint density at radius 3 is 2.63 bits per heavy atom. The third-order valence-electron chi connectivity index (χ3n) is 3.17. The predicted octanol–water partition coefficient (Wildman–Crippen LogP) is 2.06. The number of nitrogens with one attached hydrogen (secondary N) is 1. The van der Waals surface area contributed by atoms with Crippen LogP contribution in [0, 0.1) is 0 Å². The molecule has 1 aromatic carbocycles. The third-order valence-corrected chi connectivity index (χ3v) is 3.17. The quantitative estimate of drug-likeness (QED) is 0.882. The van der Waals surface area contributed by atoms with Gasteiger partial charge in [-0.05, 0) is 38.3 Å². The van der Waals surface area contributed by atoms with E-state index >= 15 is 0 Å². The molecule has 1 heterocycles. The van der Waals surface area contributed by atoms with Crippen molar-refractivity contribution in [3.05, 3.63) is 23.8 Å². The van der Waals surface area contributed by atoms with Crippen molar-refractivity contribution in [2.45, 2.75) is 19.4 Å². The van der Waals surface area contributed by atoms with Crippen molar-refractivity contribution in [1.29, 1.82) is 0 Å². The lowest BCUT2D eigenvalue weighted by Crippen LogP contribution is -2.31. The van der Waals surface area contributed by atoms with Crippen LogP contribution in [0.25, 0.3) is 0 Å². The van der Waals surface area contributed by atoms with Crippen LogP contribution in [0.3, 0.4) is 0 Å². The summed E-state index contributed by atoms with van der Waals surface area (Å²) >= 11 is 0. The number of benzene rings is 1. The van der Waals surface area contributed by atoms with Gasteiger partial charge >= 0.3 is 0 Å². The topological polar surface area (TPSA) is 33.7 Å². The number of hydrogen-bond acceptors (Lipinski definition) is 4. The molecule has 0 radical (unpaired) electrons. The lowest BCUT2D eigenvalue weighted by atomic mass is 10.1. The van der Waals surface area contributed by atoms with Gasteiger partial charge in [0.1, 0.15) is 0 Å². The minimum atomic E-state index is 0.317. The first-order chi connectivity index (χ1) is 9.20. The fraction of sp³-hybridized carbons (Fsp3) is 0.600. The average Bonchev–Trinajstić information content (AvgIpc) is 2.62. The maximum Gasteiger partial charge on any atom is 0.161 e. The molecular formula is C15H24N2O2. The van der Waals surface area contributed by atoms with Gasteiger partial charge in [0.05, 0.1) is 13.2 Å². The van der Waals surface area contributed by atoms with E-state index in [1.54, 1.807) is 0 Å². The van der Waals surface area contributed by atoms with Crippen molar-refractivity contribution in [2.24, 2.45) is 0 Å². The van der Waals surface area contributed by atoms with Gasteiger partial charge in [0.2, 0.25) is 0 Å². The Bertz CT molecular complexity index is 407. The molecule has 4 heteroatoms. The molecular weight excluding hydrogens is 240 g/mol. The molecule has 0 saturated carbocycles. The molecule has 0 aromatic heterocycles. The van der Waals surface area contributed by atoms with E-state index in [-0.39, 0.29) is 0 Å². The van der Waals surface area contributed by atoms with Gasteiger partial charge in [-0.15, -0.1) is 0 Å². The molecule has 0 saturated heterocycles. The molecule has 1 unspecified atom stereocenters. The highest BCUT2D eigenvalue weighted by molar-refractivity contribution is 5.44. The van der Waals surface area contributed by atoms with E-state index in [0.717, 1.165) is 44.2 Å². The summed E-state index contributed by atoms with van der Waals surface area (Å²) in [7, 11) is 4.18. The molecule has 1 aliphatic heterocycles. The Balaban J connectivity index is 2.20. The Morgan fingerprint density at radius 2 is 1.95 bits per heavy atom. The highest BCUT2D eigenvalue weighted by Gasteiger charge is 2.16. The van der Waals surface area contributed by atoms with Crippen LogP contribution in [-0.2, 0) is 0 Å². The first-order valence-corrected chi connectivity index (χ1v) is 6.98. The summed E-state index contributed by atoms with van der Waals surface area (Å²) in [5, 5.41) is 3.51. The summed E-state index contributed by atoms with van der Waals surface area (Å²) < 4.78 is 11.4. The Hall–Kier alpha value is -1.26. The maximum absolute atomic E-state index is 5.76. The molecule has 2 rings (SSSR count). The summed E-state index contributed by atoms with van der Waals surface area (Å²) in [5.41, 5.74) is 1.25. The second kappa shape index (κ2) is 6.78. The van der Waals surface area contributed by atoms with Crippen LogP contribution < -0.4 is 14.8 Å². The molecule has 19 heavy (non-hydrogen) atoms. The lowest BCUT2D eigenvalue weighted by Gasteiger charge is -2.23. The Labute approximate surface area is 115 Å². The minimum absolute atomic E-state index is 0.317. The number of rotatable bonds is 5. The van der Waals surface area contributed by atoms with E-state index < -0.39 is 0 Å². The summed E-state index contributed by atoms with van der Waals surface area (Å²) in [6, 6.07) is 6.58. The molecule has 0 aliphatic carbocycles. The Kier molecular flexibility index (Phi) is 5.05. The van der Waals surface area contributed by atoms with E-state index in [0.29, 0.717) is 6.04 Å². The largest absolute Gasteiger partial charge is 0.490 e. The summed E-state index contributed by atoms with van der Waals surface area (Å²) in [5.74, 6) is 1.73. The molecule has 0 fully saturated rings. The smallest absolute Gasteiger partial charge is 0.161 e. The first kappa shape index (κ1) is 14.2. The van der Waals surface area contributed by atoms with Gasteiger partial charge in [-0.2, -0.15) is 0 Å². The van der Waals surface area contributed by atoms with Gasteiger partial charge in [-0.3, -0.25) is 0 Å². The molecule has 1 aromatic rings. The van der Waals surface area contributed by atoms with Crippen molar-refractivity contribution in [3.63, 3.8) is 0 Å². The first-order valence-electron chi connectivity index (χ1n) is 6.98. The standard InChI is InChI=1S/C15H24N2O2/c1-4-16-13(11-17(2)3)12-6-7-14-15(10-12)19-9-5-8-18-14/h6-7,10,13,16H,4-5,8-9,11H2,1-3H3. The van der Waals surface area contributed by atoms with E-state index in [4.69, 9.17) is 9.47 Å². The second-order valence-electron chi connectivity index (χ2n) is 5.13. The highest BCUT2D eigenvalue weighted by atomic mass is 16.5. The van der Waals surface area contributed by atoms with Crippen molar-refractivity contribution >= 4 is 0 Å². The van der Waals surface area contributed by atoms with Crippen LogP contribution in [0.1, 0.15) is 24.9 Å². The van der Waals surface area contributed by atoms with E-state index in [1.807, 2.05) is 6.07 Å². The molecule has 4 nitrogen and oxygen atoms in total. The SMILES string of the molecule is CCNC(CN(C)C)c1ccc2c(c1)OCCCO2. The summed E-state index contributed by atoms with van der Waals surface area (Å²) in [6.07, 6.45) is 0.943. The van der Waals surface area contributed by atoms with E-state index in [9.17, 15) is 0 Å². The third kappa shape index (κ3) is 3.85. The van der Waals surface area contributed by atoms with Gasteiger partial charge in [0, 0.05) is 19.0 Å². The van der Waals surface area contributed by atoms with E-state index in [2.05, 4.69) is 43.4 Å². The second-order valence-corrected chi connectivity index (χ2v) is 5.13. The highest BCUT2D eigenvalue weighted by Crippen LogP contribution is 2.32. The van der Waals surface area contributed by atoms with Crippen LogP contribution >= 0.6 is 0 Å². The zero-order valence-electron chi connectivity index (χ0n) is 12.1. The van der Waals surface area contributed by atoms with Crippen molar-refractivity contribution in [3.8, 4) is 11.5 Å². The zero-order valence-corrected chi connectivity index (χ0v) is 12.1. The Morgan fingerprint density at radius 1 is 1.21 bits per heavy atom. The zero-order chi connectivity index (χ0) is 13.7. The van der Waals surface area contributed by atoms with Gasteiger partial charge in [0.15, 0.2) is 11.5 Å². The number of hydrogen-bond donors (Lipinski definition) is 1. The van der Waals surface area contributed by atoms with E-state index in [1.165, 1.54) is 5.56 Å². The van der Waals surface area contributed by atoms with Crippen LogP contribution in [0.2, 0.25) is 0 Å². The van der Waals surface area contributed by atoms with Gasteiger partial charge in [-0.25, -0.2) is 0 Å². The average molecular weight is 264 g/mol. The maximum atomic E-state index is 5.76. The molecule has 106 valence electrons. The monoisotopic (exact) mass is 264 g/mol. The minimum Gasteiger partial charge on any atom is -0.490 e. The normalized spacial score (nSPS) is 16.2. The number of nitrogens with zero attached hydrogens (tertiary/aromatic N) is 1. The van der Waals surface area contributed by atoms with Crippen molar-refractivity contribution in [1.82, 2.24) is 10.2 Å². The van der Waals surface area contributed by atoms with Crippen molar-refractivity contribution < 1.29 is 9.47 Å². The number of ether oxygens (including phenoxy) is 2. The van der Waals surface area contributed by atoms with Crippen LogP contribution in [-0.4, -0.2) is 45.3 Å². The summed E-state index contributed by atoms with van der Waals surface area (Å²) in [4.78, 5) is 2.19. The molecule has 0 bridgehead atoms. The molecule has 0 spiro atoms. The molecule has 1 N–H and O–H groups in total. The molecule has 1 aliphatic rings. The van der Waals surface area contributed by atoms with Gasteiger partial charge < -0.3 is 19.7 Å². The van der Waals surface area contributed by atoms with Crippen LogP contribution in [0.5, 0.6) is 11.5 Å². The van der Waals surface area contributed by atoms with Crippen LogP contribution in [0.15, 0.2) is 18.2 Å². The lowest BCUT2D eigenvalue weighted by molar-refractivity contribution is 0.296. The molecule has 0 amide bonds. The molecule has 1 atom stereocenters.